The molecule has 1 aliphatic rings. The van der Waals surface area contributed by atoms with Crippen LogP contribution in [0.15, 0.2) is 36.8 Å². The number of nitrogens with zero attached hydrogens (tertiary/aromatic N) is 7. The van der Waals surface area contributed by atoms with E-state index in [0.29, 0.717) is 5.02 Å². The molecule has 0 unspecified atom stereocenters. The molecule has 5 heterocycles. The third kappa shape index (κ3) is 2.80. The lowest BCUT2D eigenvalue weighted by molar-refractivity contribution is 0.658. The number of hydrogen-bond donors (Lipinski definition) is 0. The van der Waals surface area contributed by atoms with Crippen LogP contribution in [-0.2, 0) is 13.0 Å². The molecule has 0 N–H and O–H groups in total. The van der Waals surface area contributed by atoms with Gasteiger partial charge in [0.1, 0.15) is 12.0 Å². The van der Waals surface area contributed by atoms with Gasteiger partial charge < -0.3 is 0 Å². The zero-order valence-electron chi connectivity index (χ0n) is 15.7. The molecule has 29 heavy (non-hydrogen) atoms. The topological polar surface area (TPSA) is 65.3 Å². The van der Waals surface area contributed by atoms with Crippen LogP contribution in [0.25, 0.3) is 39.1 Å². The normalized spacial score (nSPS) is 13.3. The molecule has 0 amide bonds. The van der Waals surface area contributed by atoms with Crippen LogP contribution in [0.3, 0.4) is 0 Å². The summed E-state index contributed by atoms with van der Waals surface area (Å²) in [5, 5.41) is 9.86. The molecule has 0 atom stereocenters. The van der Waals surface area contributed by atoms with E-state index in [4.69, 9.17) is 23.3 Å². The van der Waals surface area contributed by atoms with E-state index in [2.05, 4.69) is 24.6 Å². The zero-order chi connectivity index (χ0) is 20.0. The molecule has 5 rings (SSSR count). The Balaban J connectivity index is 1.82. The summed E-state index contributed by atoms with van der Waals surface area (Å²) in [7, 11) is 0. The SMILES string of the molecule is [C-]#[N+]/C=C/c1c(-c2c(-c3ccc(Cl)c(C)n3)nn3c2CCC3)ccc2ncnn12. The zero-order valence-corrected chi connectivity index (χ0v) is 16.4. The molecular weight excluding hydrogens is 386 g/mol. The van der Waals surface area contributed by atoms with E-state index in [0.717, 1.165) is 58.9 Å². The quantitative estimate of drug-likeness (QED) is 0.475. The van der Waals surface area contributed by atoms with E-state index in [1.54, 1.807) is 10.6 Å². The minimum atomic E-state index is 0.631. The van der Waals surface area contributed by atoms with Crippen molar-refractivity contribution in [2.24, 2.45) is 0 Å². The largest absolute Gasteiger partial charge is 0.268 e. The highest BCUT2D eigenvalue weighted by Gasteiger charge is 2.26. The average molecular weight is 402 g/mol. The number of rotatable bonds is 3. The predicted octanol–water partition coefficient (Wildman–Crippen LogP) is 4.45. The van der Waals surface area contributed by atoms with Gasteiger partial charge in [-0.05, 0) is 50.1 Å². The lowest BCUT2D eigenvalue weighted by atomic mass is 9.98. The van der Waals surface area contributed by atoms with Crippen molar-refractivity contribution in [3.8, 4) is 22.5 Å². The van der Waals surface area contributed by atoms with Gasteiger partial charge in [0.25, 0.3) is 0 Å². The Bertz CT molecular complexity index is 1320. The van der Waals surface area contributed by atoms with Crippen LogP contribution in [0.2, 0.25) is 5.02 Å². The molecular formula is C21H16ClN7. The van der Waals surface area contributed by atoms with Gasteiger partial charge in [-0.3, -0.25) is 4.68 Å². The smallest absolute Gasteiger partial charge is 0.156 e. The summed E-state index contributed by atoms with van der Waals surface area (Å²) >= 11 is 6.19. The minimum absolute atomic E-state index is 0.631. The number of aromatic nitrogens is 6. The Morgan fingerprint density at radius 3 is 2.97 bits per heavy atom. The first-order chi connectivity index (χ1) is 14.2. The second-order valence-electron chi connectivity index (χ2n) is 6.87. The van der Waals surface area contributed by atoms with Crippen molar-refractivity contribution in [2.75, 3.05) is 0 Å². The maximum Gasteiger partial charge on any atom is 0.156 e. The fraction of sp³-hybridized carbons (Fsp3) is 0.190. The van der Waals surface area contributed by atoms with Crippen LogP contribution < -0.4 is 0 Å². The molecule has 1 aliphatic heterocycles. The first-order valence-corrected chi connectivity index (χ1v) is 9.64. The highest BCUT2D eigenvalue weighted by molar-refractivity contribution is 6.31. The molecule has 4 aromatic rings. The molecule has 0 spiro atoms. The van der Waals surface area contributed by atoms with Crippen molar-refractivity contribution in [1.82, 2.24) is 29.4 Å². The number of hydrogen-bond acceptors (Lipinski definition) is 4. The van der Waals surface area contributed by atoms with Gasteiger partial charge >= 0.3 is 0 Å². The van der Waals surface area contributed by atoms with E-state index in [1.807, 2.05) is 31.2 Å². The maximum atomic E-state index is 7.17. The van der Waals surface area contributed by atoms with E-state index >= 15 is 0 Å². The summed E-state index contributed by atoms with van der Waals surface area (Å²) in [6, 6.07) is 7.71. The van der Waals surface area contributed by atoms with Crippen LogP contribution in [0.4, 0.5) is 0 Å². The van der Waals surface area contributed by atoms with Crippen molar-refractivity contribution in [3.63, 3.8) is 0 Å². The molecule has 8 heteroatoms. The first-order valence-electron chi connectivity index (χ1n) is 9.27. The van der Waals surface area contributed by atoms with Crippen LogP contribution in [0, 0.1) is 13.5 Å². The lowest BCUT2D eigenvalue weighted by Crippen LogP contribution is -1.99. The van der Waals surface area contributed by atoms with Gasteiger partial charge in [0.15, 0.2) is 11.8 Å². The monoisotopic (exact) mass is 401 g/mol. The Morgan fingerprint density at radius 2 is 2.14 bits per heavy atom. The maximum absolute atomic E-state index is 7.17. The van der Waals surface area contributed by atoms with E-state index in [9.17, 15) is 0 Å². The van der Waals surface area contributed by atoms with E-state index in [1.165, 1.54) is 18.2 Å². The van der Waals surface area contributed by atoms with Crippen LogP contribution in [-0.4, -0.2) is 29.4 Å². The number of pyridine rings is 2. The fourth-order valence-electron chi connectivity index (χ4n) is 3.86. The average Bonchev–Trinajstić information content (AvgIpc) is 3.43. The first kappa shape index (κ1) is 17.6. The minimum Gasteiger partial charge on any atom is -0.268 e. The van der Waals surface area contributed by atoms with Crippen LogP contribution >= 0.6 is 11.6 Å². The van der Waals surface area contributed by atoms with Crippen LogP contribution in [0.1, 0.15) is 23.5 Å². The number of aryl methyl sites for hydroxylation is 2. The molecule has 7 nitrogen and oxygen atoms in total. The standard InChI is InChI=1S/C21H16ClN7/c1-13-15(22)6-7-16(26-13)21-20(18-4-3-11-28(18)27-21)14-5-8-19-24-12-25-29(19)17(14)9-10-23-2/h5-10,12H,3-4,11H2,1H3/b10-9+. The molecule has 0 bridgehead atoms. The van der Waals surface area contributed by atoms with Gasteiger partial charge in [0.2, 0.25) is 0 Å². The highest BCUT2D eigenvalue weighted by Crippen LogP contribution is 2.39. The third-order valence-corrected chi connectivity index (χ3v) is 5.56. The molecule has 0 aliphatic carbocycles. The molecule has 0 saturated heterocycles. The summed E-state index contributed by atoms with van der Waals surface area (Å²) in [4.78, 5) is 12.3. The number of fused-ring (bicyclic) bond motifs is 2. The highest BCUT2D eigenvalue weighted by atomic mass is 35.5. The summed E-state index contributed by atoms with van der Waals surface area (Å²) in [5.74, 6) is 0. The summed E-state index contributed by atoms with van der Waals surface area (Å²) < 4.78 is 3.81. The summed E-state index contributed by atoms with van der Waals surface area (Å²) in [6.07, 6.45) is 6.72. The van der Waals surface area contributed by atoms with Crippen molar-refractivity contribution in [3.05, 3.63) is 70.3 Å². The molecule has 142 valence electrons. The Labute approximate surface area is 172 Å². The fourth-order valence-corrected chi connectivity index (χ4v) is 3.96. The molecule has 0 saturated carbocycles. The second kappa shape index (κ2) is 6.83. The van der Waals surface area contributed by atoms with Gasteiger partial charge in [-0.25, -0.2) is 19.3 Å². The second-order valence-corrected chi connectivity index (χ2v) is 7.28. The van der Waals surface area contributed by atoms with E-state index < -0.39 is 0 Å². The predicted molar refractivity (Wildman–Crippen MR) is 111 cm³/mol. The van der Waals surface area contributed by atoms with Gasteiger partial charge in [-0.2, -0.15) is 10.2 Å². The summed E-state index contributed by atoms with van der Waals surface area (Å²) in [5.41, 5.74) is 7.04. The third-order valence-electron chi connectivity index (χ3n) is 5.16. The Kier molecular flexibility index (Phi) is 4.14. The van der Waals surface area contributed by atoms with Crippen molar-refractivity contribution in [2.45, 2.75) is 26.3 Å². The van der Waals surface area contributed by atoms with Gasteiger partial charge in [-0.15, -0.1) is 0 Å². The molecule has 0 fully saturated rings. The van der Waals surface area contributed by atoms with Gasteiger partial charge in [0.05, 0.1) is 28.7 Å². The van der Waals surface area contributed by atoms with Crippen molar-refractivity contribution >= 4 is 23.3 Å². The van der Waals surface area contributed by atoms with Crippen LogP contribution in [0.5, 0.6) is 0 Å². The van der Waals surface area contributed by atoms with Gasteiger partial charge in [0, 0.05) is 23.4 Å². The molecule has 4 aromatic heterocycles. The molecule has 0 radical (unpaired) electrons. The summed E-state index contributed by atoms with van der Waals surface area (Å²) in [6.45, 7) is 9.94. The Morgan fingerprint density at radius 1 is 1.24 bits per heavy atom. The molecule has 0 aromatic carbocycles. The Hall–Kier alpha value is -3.50. The van der Waals surface area contributed by atoms with Gasteiger partial charge in [-0.1, -0.05) is 11.6 Å². The lowest BCUT2D eigenvalue weighted by Gasteiger charge is -2.11. The van der Waals surface area contributed by atoms with Crippen molar-refractivity contribution in [1.29, 1.82) is 0 Å². The van der Waals surface area contributed by atoms with Crippen molar-refractivity contribution < 1.29 is 0 Å². The van der Waals surface area contributed by atoms with E-state index in [-0.39, 0.29) is 0 Å². The number of halogens is 1.